The molecule has 6 N–H and O–H groups in total. The lowest BCUT2D eigenvalue weighted by molar-refractivity contribution is -0.0948. The molecule has 130 valence electrons. The second kappa shape index (κ2) is 5.18. The zero-order valence-electron chi connectivity index (χ0n) is 13.0. The van der Waals surface area contributed by atoms with Crippen LogP contribution < -0.4 is 16.3 Å². The Balaban J connectivity index is 1.92. The van der Waals surface area contributed by atoms with Gasteiger partial charge in [0.1, 0.15) is 23.6 Å². The largest absolute Gasteiger partial charge is 0.394 e. The number of aromatic nitrogens is 3. The van der Waals surface area contributed by atoms with E-state index in [2.05, 4.69) is 20.6 Å². The number of nitrogens with one attached hydrogen (secondary N) is 3. The molecule has 1 saturated heterocycles. The summed E-state index contributed by atoms with van der Waals surface area (Å²) in [6, 6.07) is 0. The van der Waals surface area contributed by atoms with Gasteiger partial charge in [0, 0.05) is 19.3 Å². The Morgan fingerprint density at radius 2 is 2.21 bits per heavy atom. The summed E-state index contributed by atoms with van der Waals surface area (Å²) < 4.78 is 7.15. The molecule has 4 heterocycles. The lowest BCUT2D eigenvalue weighted by Gasteiger charge is -2.27. The van der Waals surface area contributed by atoms with Crippen LogP contribution in [0.15, 0.2) is 11.0 Å². The van der Waals surface area contributed by atoms with E-state index < -0.39 is 36.3 Å². The van der Waals surface area contributed by atoms with Crippen LogP contribution in [0.4, 0.5) is 11.5 Å². The molecule has 2 unspecified atom stereocenters. The van der Waals surface area contributed by atoms with Crippen LogP contribution in [0.2, 0.25) is 0 Å². The van der Waals surface area contributed by atoms with Gasteiger partial charge >= 0.3 is 5.69 Å². The molecule has 24 heavy (non-hydrogen) atoms. The van der Waals surface area contributed by atoms with E-state index in [1.807, 2.05) is 0 Å². The minimum Gasteiger partial charge on any atom is -0.394 e. The Morgan fingerprint density at radius 1 is 1.46 bits per heavy atom. The zero-order valence-corrected chi connectivity index (χ0v) is 13.0. The highest BCUT2D eigenvalue weighted by molar-refractivity contribution is 5.99. The summed E-state index contributed by atoms with van der Waals surface area (Å²) in [5.41, 5.74) is -1.13. The van der Waals surface area contributed by atoms with Crippen LogP contribution in [0.25, 0.3) is 11.0 Å². The first-order chi connectivity index (χ1) is 11.4. The normalized spacial score (nSPS) is 32.4. The van der Waals surface area contributed by atoms with Gasteiger partial charge in [0.25, 0.3) is 0 Å². The van der Waals surface area contributed by atoms with Gasteiger partial charge < -0.3 is 35.3 Å². The molecule has 0 bridgehead atoms. The maximum absolute atomic E-state index is 11.9. The molecule has 2 aromatic rings. The lowest BCUT2D eigenvalue weighted by atomic mass is 9.96. The van der Waals surface area contributed by atoms with Gasteiger partial charge in [-0.1, -0.05) is 0 Å². The maximum Gasteiger partial charge on any atom is 0.348 e. The van der Waals surface area contributed by atoms with Crippen LogP contribution in [0.1, 0.15) is 13.2 Å². The van der Waals surface area contributed by atoms with Crippen molar-refractivity contribution >= 4 is 22.5 Å². The Hall–Kier alpha value is -2.14. The highest BCUT2D eigenvalue weighted by Crippen LogP contribution is 2.42. The molecule has 2 aliphatic rings. The molecule has 0 aliphatic carbocycles. The van der Waals surface area contributed by atoms with Gasteiger partial charge in [-0.2, -0.15) is 4.98 Å². The van der Waals surface area contributed by atoms with Gasteiger partial charge in [0.2, 0.25) is 0 Å². The first-order valence-electron chi connectivity index (χ1n) is 7.73. The number of aromatic amines is 1. The number of nitrogens with zero attached hydrogens (tertiary/aromatic N) is 2. The molecule has 2 aromatic heterocycles. The summed E-state index contributed by atoms with van der Waals surface area (Å²) in [6.45, 7) is 2.26. The van der Waals surface area contributed by atoms with Crippen LogP contribution in [-0.2, 0) is 4.74 Å². The zero-order chi connectivity index (χ0) is 17.1. The van der Waals surface area contributed by atoms with Crippen LogP contribution in [-0.4, -0.2) is 67.4 Å². The fraction of sp³-hybridized carbons (Fsp3) is 0.571. The minimum atomic E-state index is -1.65. The van der Waals surface area contributed by atoms with Crippen LogP contribution in [0, 0.1) is 0 Å². The molecule has 0 radical (unpaired) electrons. The topological polar surface area (TPSA) is 145 Å². The highest BCUT2D eigenvalue weighted by Gasteiger charge is 2.53. The van der Waals surface area contributed by atoms with Crippen molar-refractivity contribution in [3.63, 3.8) is 0 Å². The number of rotatable bonds is 2. The monoisotopic (exact) mass is 337 g/mol. The Kier molecular flexibility index (Phi) is 3.32. The number of aliphatic hydroxyl groups is 3. The summed E-state index contributed by atoms with van der Waals surface area (Å²) in [6.07, 6.45) is -1.50. The van der Waals surface area contributed by atoms with Crippen molar-refractivity contribution in [2.75, 3.05) is 30.3 Å². The number of anilines is 2. The SMILES string of the molecule is CC1(O)C(n2cc3c4c([nH]c(=O)nc42)NCCN3)O[C@H](CO)[C@H]1O. The van der Waals surface area contributed by atoms with Crippen molar-refractivity contribution in [3.8, 4) is 0 Å². The highest BCUT2D eigenvalue weighted by atomic mass is 16.6. The molecule has 0 amide bonds. The summed E-state index contributed by atoms with van der Waals surface area (Å²) in [4.78, 5) is 18.6. The standard InChI is InChI=1S/C14H19N5O5/c1-14(23)9(21)7(5-20)24-12(14)19-4-6-8-10(16-3-2-15-6)17-13(22)18-11(8)19/h4,7,9,12,15,20-21,23H,2-3,5H2,1H3,(H2,16,17,18,22)/t7-,9-,12?,14?/m1/s1. The number of H-pyrrole nitrogens is 1. The molecule has 4 atom stereocenters. The maximum atomic E-state index is 11.9. The number of hydrogen-bond donors (Lipinski definition) is 6. The molecule has 2 aliphatic heterocycles. The van der Waals surface area contributed by atoms with Gasteiger partial charge in [0.05, 0.1) is 17.7 Å². The molecule has 0 spiro atoms. The fourth-order valence-corrected chi connectivity index (χ4v) is 3.39. The Labute approximate surface area is 136 Å². The fourth-order valence-electron chi connectivity index (χ4n) is 3.39. The third-order valence-corrected chi connectivity index (χ3v) is 4.62. The molecule has 10 nitrogen and oxygen atoms in total. The van der Waals surface area contributed by atoms with E-state index in [9.17, 15) is 20.1 Å². The van der Waals surface area contributed by atoms with E-state index in [-0.39, 0.29) is 0 Å². The average molecular weight is 337 g/mol. The summed E-state index contributed by atoms with van der Waals surface area (Å²) >= 11 is 0. The van der Waals surface area contributed by atoms with E-state index >= 15 is 0 Å². The lowest BCUT2D eigenvalue weighted by Crippen LogP contribution is -2.44. The van der Waals surface area contributed by atoms with Gasteiger partial charge in [-0.05, 0) is 6.92 Å². The third-order valence-electron chi connectivity index (χ3n) is 4.62. The molecular formula is C14H19N5O5. The quantitative estimate of drug-likeness (QED) is 0.391. The summed E-state index contributed by atoms with van der Waals surface area (Å²) in [5, 5.41) is 37.2. The van der Waals surface area contributed by atoms with Crippen molar-refractivity contribution in [1.29, 1.82) is 0 Å². The third kappa shape index (κ3) is 2.04. The van der Waals surface area contributed by atoms with Gasteiger partial charge in [-0.25, -0.2) is 4.79 Å². The Bertz CT molecular complexity index is 844. The molecule has 0 saturated carbocycles. The molecule has 4 rings (SSSR count). The van der Waals surface area contributed by atoms with Crippen molar-refractivity contribution in [2.24, 2.45) is 0 Å². The van der Waals surface area contributed by atoms with Crippen LogP contribution >= 0.6 is 0 Å². The number of hydrogen-bond acceptors (Lipinski definition) is 8. The van der Waals surface area contributed by atoms with Gasteiger partial charge in [-0.3, -0.25) is 4.98 Å². The van der Waals surface area contributed by atoms with E-state index in [1.165, 1.54) is 11.5 Å². The van der Waals surface area contributed by atoms with Crippen molar-refractivity contribution in [1.82, 2.24) is 14.5 Å². The molecular weight excluding hydrogens is 318 g/mol. The number of ether oxygens (including phenoxy) is 1. The average Bonchev–Trinajstić information content (AvgIpc) is 2.89. The second-order valence-electron chi connectivity index (χ2n) is 6.30. The second-order valence-corrected chi connectivity index (χ2v) is 6.30. The van der Waals surface area contributed by atoms with Crippen molar-refractivity contribution in [3.05, 3.63) is 16.7 Å². The predicted molar refractivity (Wildman–Crippen MR) is 85.0 cm³/mol. The summed E-state index contributed by atoms with van der Waals surface area (Å²) in [7, 11) is 0. The van der Waals surface area contributed by atoms with Crippen LogP contribution in [0.5, 0.6) is 0 Å². The smallest absolute Gasteiger partial charge is 0.348 e. The summed E-state index contributed by atoms with van der Waals surface area (Å²) in [5.74, 6) is 0.542. The van der Waals surface area contributed by atoms with Gasteiger partial charge in [0.15, 0.2) is 11.9 Å². The van der Waals surface area contributed by atoms with E-state index in [0.29, 0.717) is 29.9 Å². The van der Waals surface area contributed by atoms with Crippen molar-refractivity contribution < 1.29 is 20.1 Å². The predicted octanol–water partition coefficient (Wildman–Crippen LogP) is -1.44. The molecule has 1 fully saturated rings. The first kappa shape index (κ1) is 15.4. The molecule has 10 heteroatoms. The van der Waals surface area contributed by atoms with E-state index in [4.69, 9.17) is 4.74 Å². The van der Waals surface area contributed by atoms with Crippen molar-refractivity contribution in [2.45, 2.75) is 31.0 Å². The van der Waals surface area contributed by atoms with Crippen LogP contribution in [0.3, 0.4) is 0 Å². The first-order valence-corrected chi connectivity index (χ1v) is 7.73. The van der Waals surface area contributed by atoms with E-state index in [0.717, 1.165) is 5.69 Å². The Morgan fingerprint density at radius 3 is 2.92 bits per heavy atom. The van der Waals surface area contributed by atoms with E-state index in [1.54, 1.807) is 6.20 Å². The van der Waals surface area contributed by atoms with Gasteiger partial charge in [-0.15, -0.1) is 0 Å². The minimum absolute atomic E-state index is 0.321. The molecule has 0 aromatic carbocycles. The number of aliphatic hydroxyl groups excluding tert-OH is 2.